The van der Waals surface area contributed by atoms with Crippen molar-refractivity contribution in [1.82, 2.24) is 4.98 Å². The molecule has 2 aromatic carbocycles. The Morgan fingerprint density at radius 1 is 1.21 bits per heavy atom. The van der Waals surface area contributed by atoms with Crippen molar-refractivity contribution >= 4 is 44.4 Å². The Bertz CT molecular complexity index is 1140. The fourth-order valence-electron chi connectivity index (χ4n) is 2.76. The summed E-state index contributed by atoms with van der Waals surface area (Å²) in [6, 6.07) is 12.7. The van der Waals surface area contributed by atoms with Crippen LogP contribution in [0.25, 0.3) is 10.2 Å². The van der Waals surface area contributed by atoms with Crippen LogP contribution in [0.15, 0.2) is 64.1 Å². The van der Waals surface area contributed by atoms with E-state index in [4.69, 9.17) is 4.42 Å². The molecule has 4 aromatic rings. The Morgan fingerprint density at radius 3 is 2.82 bits per heavy atom. The van der Waals surface area contributed by atoms with E-state index in [2.05, 4.69) is 4.98 Å². The summed E-state index contributed by atoms with van der Waals surface area (Å²) in [6.45, 7) is 0.124. The predicted octanol–water partition coefficient (Wildman–Crippen LogP) is 5.74. The zero-order valence-electron chi connectivity index (χ0n) is 14.7. The predicted molar refractivity (Wildman–Crippen MR) is 107 cm³/mol. The van der Waals surface area contributed by atoms with Gasteiger partial charge in [-0.3, -0.25) is 9.69 Å². The van der Waals surface area contributed by atoms with Crippen LogP contribution in [0.3, 0.4) is 0 Å². The molecule has 0 atom stereocenters. The monoisotopic (exact) mass is 416 g/mol. The van der Waals surface area contributed by atoms with Crippen LogP contribution in [-0.4, -0.2) is 17.1 Å². The first-order chi connectivity index (χ1) is 13.5. The molecule has 4 nitrogen and oxygen atoms in total. The summed E-state index contributed by atoms with van der Waals surface area (Å²) >= 11 is 2.58. The second-order valence-electron chi connectivity index (χ2n) is 5.93. The summed E-state index contributed by atoms with van der Waals surface area (Å²) in [5.74, 6) is -1.18. The van der Waals surface area contributed by atoms with Gasteiger partial charge in [0.2, 0.25) is 0 Å². The van der Waals surface area contributed by atoms with Gasteiger partial charge < -0.3 is 4.42 Å². The molecule has 8 heteroatoms. The first-order valence-electron chi connectivity index (χ1n) is 8.29. The maximum absolute atomic E-state index is 14.1. The lowest BCUT2D eigenvalue weighted by Crippen LogP contribution is -2.30. The molecule has 0 aliphatic heterocycles. The Kier molecular flexibility index (Phi) is 5.15. The summed E-state index contributed by atoms with van der Waals surface area (Å²) in [7, 11) is 0. The molecule has 0 fully saturated rings. The third-order valence-electron chi connectivity index (χ3n) is 4.09. The van der Waals surface area contributed by atoms with E-state index in [0.717, 1.165) is 22.3 Å². The van der Waals surface area contributed by atoms with Crippen LogP contribution in [0.4, 0.5) is 13.9 Å². The van der Waals surface area contributed by atoms with Gasteiger partial charge in [0, 0.05) is 16.5 Å². The van der Waals surface area contributed by atoms with Crippen LogP contribution in [0.1, 0.15) is 16.1 Å². The zero-order chi connectivity index (χ0) is 19.7. The van der Waals surface area contributed by atoms with E-state index in [1.165, 1.54) is 29.0 Å². The van der Waals surface area contributed by atoms with Crippen LogP contribution >= 0.6 is 23.1 Å². The molecule has 0 bridgehead atoms. The average molecular weight is 416 g/mol. The van der Waals surface area contributed by atoms with Crippen LogP contribution in [0, 0.1) is 11.6 Å². The van der Waals surface area contributed by atoms with Gasteiger partial charge in [-0.05, 0) is 42.7 Å². The number of hydrogen-bond donors (Lipinski definition) is 0. The molecule has 0 spiro atoms. The van der Waals surface area contributed by atoms with Gasteiger partial charge >= 0.3 is 0 Å². The highest BCUT2D eigenvalue weighted by Crippen LogP contribution is 2.33. The van der Waals surface area contributed by atoms with E-state index < -0.39 is 11.6 Å². The smallest absolute Gasteiger partial charge is 0.260 e. The van der Waals surface area contributed by atoms with Gasteiger partial charge in [0.15, 0.2) is 10.9 Å². The van der Waals surface area contributed by atoms with Gasteiger partial charge in [0.1, 0.15) is 17.1 Å². The molecule has 28 heavy (non-hydrogen) atoms. The van der Waals surface area contributed by atoms with Crippen molar-refractivity contribution in [1.29, 1.82) is 0 Å². The molecule has 0 aliphatic rings. The summed E-state index contributed by atoms with van der Waals surface area (Å²) in [4.78, 5) is 19.9. The largest absolute Gasteiger partial charge is 0.467 e. The van der Waals surface area contributed by atoms with Crippen LogP contribution in [0.2, 0.25) is 0 Å². The Morgan fingerprint density at radius 2 is 2.07 bits per heavy atom. The lowest BCUT2D eigenvalue weighted by atomic mass is 10.2. The number of furan rings is 1. The minimum atomic E-state index is -0.757. The number of thioether (sulfide) groups is 1. The molecule has 2 heterocycles. The molecule has 0 radical (unpaired) electrons. The number of aromatic nitrogens is 1. The molecule has 2 aromatic heterocycles. The lowest BCUT2D eigenvalue weighted by Gasteiger charge is -2.19. The minimum Gasteiger partial charge on any atom is -0.467 e. The molecule has 0 unspecified atom stereocenters. The topological polar surface area (TPSA) is 46.3 Å². The third-order valence-corrected chi connectivity index (χ3v) is 5.84. The first-order valence-corrected chi connectivity index (χ1v) is 10.3. The van der Waals surface area contributed by atoms with Gasteiger partial charge in [-0.25, -0.2) is 13.8 Å². The number of thiazole rings is 1. The second kappa shape index (κ2) is 7.73. The number of benzene rings is 2. The van der Waals surface area contributed by atoms with Crippen LogP contribution < -0.4 is 4.90 Å². The van der Waals surface area contributed by atoms with Crippen LogP contribution in [-0.2, 0) is 6.54 Å². The third kappa shape index (κ3) is 3.65. The van der Waals surface area contributed by atoms with E-state index in [-0.39, 0.29) is 23.1 Å². The SMILES string of the molecule is CSc1cccc(C(=O)N(Cc2ccco2)c2nc3c(F)cc(F)cc3s2)c1. The highest BCUT2D eigenvalue weighted by Gasteiger charge is 2.24. The summed E-state index contributed by atoms with van der Waals surface area (Å²) < 4.78 is 33.4. The number of amides is 1. The van der Waals surface area contributed by atoms with Crippen molar-refractivity contribution in [2.24, 2.45) is 0 Å². The van der Waals surface area contributed by atoms with Crippen molar-refractivity contribution in [2.45, 2.75) is 11.4 Å². The number of fused-ring (bicyclic) bond motifs is 1. The molecule has 0 N–H and O–H groups in total. The van der Waals surface area contributed by atoms with E-state index in [1.54, 1.807) is 30.3 Å². The maximum atomic E-state index is 14.1. The standard InChI is InChI=1S/C20H14F2N2O2S2/c1-27-15-6-2-4-12(8-15)19(25)24(11-14-5-3-7-26-14)20-23-18-16(22)9-13(21)10-17(18)28-20/h2-10H,11H2,1H3. The minimum absolute atomic E-state index is 0.0384. The zero-order valence-corrected chi connectivity index (χ0v) is 16.3. The number of rotatable bonds is 5. The average Bonchev–Trinajstić information content (AvgIpc) is 3.35. The first kappa shape index (κ1) is 18.6. The molecule has 0 saturated heterocycles. The molecule has 142 valence electrons. The Balaban J connectivity index is 1.79. The van der Waals surface area contributed by atoms with E-state index in [1.807, 2.05) is 12.3 Å². The van der Waals surface area contributed by atoms with Gasteiger partial charge in [-0.2, -0.15) is 0 Å². The fraction of sp³-hybridized carbons (Fsp3) is 0.100. The normalized spacial score (nSPS) is 11.1. The number of anilines is 1. The number of halogens is 2. The fourth-order valence-corrected chi connectivity index (χ4v) is 4.22. The number of carbonyl (C=O) groups excluding carboxylic acids is 1. The molecule has 0 saturated carbocycles. The second-order valence-corrected chi connectivity index (χ2v) is 7.82. The van der Waals surface area contributed by atoms with Crippen LogP contribution in [0.5, 0.6) is 0 Å². The summed E-state index contributed by atoms with van der Waals surface area (Å²) in [5.41, 5.74) is 0.515. The van der Waals surface area contributed by atoms with E-state index in [9.17, 15) is 13.6 Å². The molecular weight excluding hydrogens is 402 g/mol. The van der Waals surface area contributed by atoms with E-state index in [0.29, 0.717) is 16.0 Å². The molecule has 0 aliphatic carbocycles. The van der Waals surface area contributed by atoms with Crippen molar-refractivity contribution in [3.8, 4) is 0 Å². The summed E-state index contributed by atoms with van der Waals surface area (Å²) in [5, 5.41) is 0.274. The van der Waals surface area contributed by atoms with Crippen molar-refractivity contribution in [3.63, 3.8) is 0 Å². The molecular formula is C20H14F2N2O2S2. The van der Waals surface area contributed by atoms with Crippen molar-refractivity contribution in [2.75, 3.05) is 11.2 Å². The molecule has 4 rings (SSSR count). The maximum Gasteiger partial charge on any atom is 0.260 e. The highest BCUT2D eigenvalue weighted by molar-refractivity contribution is 7.98. The number of nitrogens with zero attached hydrogens (tertiary/aromatic N) is 2. The molecule has 1 amide bonds. The van der Waals surface area contributed by atoms with Gasteiger partial charge in [0.25, 0.3) is 5.91 Å². The number of carbonyl (C=O) groups is 1. The lowest BCUT2D eigenvalue weighted by molar-refractivity contribution is 0.0983. The van der Waals surface area contributed by atoms with Crippen molar-refractivity contribution < 1.29 is 18.0 Å². The van der Waals surface area contributed by atoms with Gasteiger partial charge in [-0.1, -0.05) is 17.4 Å². The summed E-state index contributed by atoms with van der Waals surface area (Å²) in [6.07, 6.45) is 3.44. The number of hydrogen-bond acceptors (Lipinski definition) is 5. The quantitative estimate of drug-likeness (QED) is 0.390. The van der Waals surface area contributed by atoms with Gasteiger partial charge in [-0.15, -0.1) is 11.8 Å². The van der Waals surface area contributed by atoms with E-state index >= 15 is 0 Å². The Hall–Kier alpha value is -2.71. The highest BCUT2D eigenvalue weighted by atomic mass is 32.2. The van der Waals surface area contributed by atoms with Gasteiger partial charge in [0.05, 0.1) is 17.5 Å². The Labute approximate surface area is 167 Å². The van der Waals surface area contributed by atoms with Crippen molar-refractivity contribution in [3.05, 3.63) is 77.8 Å².